The molecule has 0 saturated carbocycles. The van der Waals surface area contributed by atoms with Gasteiger partial charge in [-0.15, -0.1) is 0 Å². The zero-order valence-corrected chi connectivity index (χ0v) is 18.8. The Morgan fingerprint density at radius 3 is 1.59 bits per heavy atom. The minimum atomic E-state index is -0.366. The predicted molar refractivity (Wildman–Crippen MR) is 112 cm³/mol. The van der Waals surface area contributed by atoms with Gasteiger partial charge in [0.05, 0.1) is 19.1 Å². The highest BCUT2D eigenvalue weighted by Crippen LogP contribution is 2.17. The Labute approximate surface area is 166 Å². The number of carbonyl (C=O) groups is 3. The van der Waals surface area contributed by atoms with E-state index in [-0.39, 0.29) is 54.2 Å². The second-order valence-corrected chi connectivity index (χ2v) is 8.82. The average Bonchev–Trinajstić information content (AvgIpc) is 2.56. The first-order chi connectivity index (χ1) is 12.5. The minimum Gasteiger partial charge on any atom is -0.315 e. The van der Waals surface area contributed by atoms with Crippen LogP contribution in [0.25, 0.3) is 0 Å². The third-order valence-corrected chi connectivity index (χ3v) is 4.80. The molecule has 0 aliphatic carbocycles. The number of unbranched alkanes of at least 4 members (excludes halogenated alkanes) is 1. The highest BCUT2D eigenvalue weighted by Gasteiger charge is 2.31. The van der Waals surface area contributed by atoms with E-state index in [1.54, 1.807) is 0 Å². The van der Waals surface area contributed by atoms with Crippen LogP contribution in [0.1, 0.15) is 74.7 Å². The third kappa shape index (κ3) is 10.7. The zero-order valence-electron chi connectivity index (χ0n) is 18.8. The number of hydrogen-bond acceptors (Lipinski definition) is 5. The van der Waals surface area contributed by atoms with Crippen LogP contribution in [-0.2, 0) is 14.4 Å². The Balaban J connectivity index is 5.25. The summed E-state index contributed by atoms with van der Waals surface area (Å²) in [6.45, 7) is 16.7. The number of rotatable bonds is 15. The normalized spacial score (nSPS) is 13.2. The van der Waals surface area contributed by atoms with Crippen LogP contribution >= 0.6 is 0 Å². The molecule has 5 nitrogen and oxygen atoms in total. The molecule has 0 saturated heterocycles. The summed E-state index contributed by atoms with van der Waals surface area (Å²) in [7, 11) is 0. The van der Waals surface area contributed by atoms with E-state index in [0.717, 1.165) is 19.4 Å². The van der Waals surface area contributed by atoms with E-state index in [1.165, 1.54) is 0 Å². The van der Waals surface area contributed by atoms with E-state index in [2.05, 4.69) is 19.2 Å². The van der Waals surface area contributed by atoms with Crippen molar-refractivity contribution in [2.24, 2.45) is 17.8 Å². The van der Waals surface area contributed by atoms with Gasteiger partial charge in [-0.05, 0) is 19.4 Å². The molecule has 0 fully saturated rings. The first-order valence-corrected chi connectivity index (χ1v) is 10.5. The number of nitrogens with one attached hydrogen (secondary N) is 1. The van der Waals surface area contributed by atoms with Gasteiger partial charge in [-0.2, -0.15) is 0 Å². The van der Waals surface area contributed by atoms with Gasteiger partial charge in [0.2, 0.25) is 0 Å². The summed E-state index contributed by atoms with van der Waals surface area (Å²) in [5, 5.41) is 3.39. The van der Waals surface area contributed by atoms with Gasteiger partial charge in [0.1, 0.15) is 11.6 Å². The third-order valence-electron chi connectivity index (χ3n) is 4.80. The van der Waals surface area contributed by atoms with Crippen LogP contribution < -0.4 is 5.32 Å². The van der Waals surface area contributed by atoms with Gasteiger partial charge in [0.25, 0.3) is 0 Å². The van der Waals surface area contributed by atoms with Crippen LogP contribution in [-0.4, -0.2) is 54.0 Å². The van der Waals surface area contributed by atoms with Gasteiger partial charge >= 0.3 is 0 Å². The standard InChI is InChI=1S/C22H42N2O3/c1-15(2)20(25)13-24(14-21(26)16(3)4)19(22(27)17(5)6)11-9-10-12-23-18(7)8/h15-19,23H,9-14H2,1-8H3. The smallest absolute Gasteiger partial charge is 0.152 e. The van der Waals surface area contributed by atoms with Crippen molar-refractivity contribution in [1.82, 2.24) is 10.2 Å². The molecule has 0 aromatic carbocycles. The van der Waals surface area contributed by atoms with Crippen molar-refractivity contribution >= 4 is 17.3 Å². The molecule has 1 unspecified atom stereocenters. The van der Waals surface area contributed by atoms with Crippen LogP contribution in [0.5, 0.6) is 0 Å². The lowest BCUT2D eigenvalue weighted by Gasteiger charge is -2.32. The fourth-order valence-electron chi connectivity index (χ4n) is 2.78. The van der Waals surface area contributed by atoms with Gasteiger partial charge in [-0.1, -0.05) is 61.8 Å². The fourth-order valence-corrected chi connectivity index (χ4v) is 2.78. The minimum absolute atomic E-state index is 0.0783. The van der Waals surface area contributed by atoms with Crippen molar-refractivity contribution in [2.45, 2.75) is 86.7 Å². The van der Waals surface area contributed by atoms with E-state index in [4.69, 9.17) is 0 Å². The highest BCUT2D eigenvalue weighted by molar-refractivity contribution is 5.89. The Bertz CT molecular complexity index is 448. The van der Waals surface area contributed by atoms with Crippen LogP contribution in [0.2, 0.25) is 0 Å². The molecule has 0 rings (SSSR count). The van der Waals surface area contributed by atoms with E-state index in [9.17, 15) is 14.4 Å². The lowest BCUT2D eigenvalue weighted by molar-refractivity contribution is -0.132. The van der Waals surface area contributed by atoms with Gasteiger partial charge in [0.15, 0.2) is 5.78 Å². The highest BCUT2D eigenvalue weighted by atomic mass is 16.1. The summed E-state index contributed by atoms with van der Waals surface area (Å²) in [6.07, 6.45) is 2.56. The van der Waals surface area contributed by atoms with E-state index >= 15 is 0 Å². The second-order valence-electron chi connectivity index (χ2n) is 8.82. The summed E-state index contributed by atoms with van der Waals surface area (Å²) in [5.74, 6) is -0.0444. The topological polar surface area (TPSA) is 66.5 Å². The Morgan fingerprint density at radius 2 is 1.22 bits per heavy atom. The molecule has 5 heteroatoms. The van der Waals surface area contributed by atoms with Crippen molar-refractivity contribution in [1.29, 1.82) is 0 Å². The predicted octanol–water partition coefficient (Wildman–Crippen LogP) is 3.50. The molecule has 0 radical (unpaired) electrons. The maximum atomic E-state index is 12.9. The summed E-state index contributed by atoms with van der Waals surface area (Å²) < 4.78 is 0. The monoisotopic (exact) mass is 382 g/mol. The van der Waals surface area contributed by atoms with Gasteiger partial charge < -0.3 is 5.32 Å². The molecule has 0 aliphatic rings. The summed E-state index contributed by atoms with van der Waals surface area (Å²) in [6, 6.07) is 0.0800. The van der Waals surface area contributed by atoms with Crippen LogP contribution in [0.3, 0.4) is 0 Å². The number of nitrogens with zero attached hydrogens (tertiary/aromatic N) is 1. The lowest BCUT2D eigenvalue weighted by atomic mass is 9.94. The Morgan fingerprint density at radius 1 is 0.741 bits per heavy atom. The van der Waals surface area contributed by atoms with Gasteiger partial charge in [-0.25, -0.2) is 0 Å². The second kappa shape index (κ2) is 13.2. The van der Waals surface area contributed by atoms with Gasteiger partial charge in [-0.3, -0.25) is 19.3 Å². The molecule has 0 amide bonds. The summed E-state index contributed by atoms with van der Waals surface area (Å²) in [4.78, 5) is 39.5. The number of ketones is 3. The molecular weight excluding hydrogens is 340 g/mol. The molecule has 0 aromatic heterocycles. The summed E-state index contributed by atoms with van der Waals surface area (Å²) in [5.41, 5.74) is 0. The van der Waals surface area contributed by atoms with Crippen molar-refractivity contribution in [3.63, 3.8) is 0 Å². The van der Waals surface area contributed by atoms with Crippen LogP contribution in [0.4, 0.5) is 0 Å². The largest absolute Gasteiger partial charge is 0.315 e. The maximum Gasteiger partial charge on any atom is 0.152 e. The Kier molecular flexibility index (Phi) is 12.6. The van der Waals surface area contributed by atoms with E-state index in [0.29, 0.717) is 12.5 Å². The fraction of sp³-hybridized carbons (Fsp3) is 0.864. The molecule has 1 N–H and O–H groups in total. The molecule has 27 heavy (non-hydrogen) atoms. The van der Waals surface area contributed by atoms with Gasteiger partial charge in [0, 0.05) is 23.8 Å². The first kappa shape index (κ1) is 25.9. The SMILES string of the molecule is CC(C)NCCCCC(C(=O)C(C)C)N(CC(=O)C(C)C)CC(=O)C(C)C. The quantitative estimate of drug-likeness (QED) is 0.439. The molecule has 1 atom stereocenters. The molecule has 0 heterocycles. The summed E-state index contributed by atoms with van der Waals surface area (Å²) >= 11 is 0. The molecule has 158 valence electrons. The average molecular weight is 383 g/mol. The van der Waals surface area contributed by atoms with Crippen molar-refractivity contribution in [3.8, 4) is 0 Å². The molecule has 0 bridgehead atoms. The molecule has 0 aromatic rings. The lowest BCUT2D eigenvalue weighted by Crippen LogP contribution is -2.49. The maximum absolute atomic E-state index is 12.9. The van der Waals surface area contributed by atoms with Crippen LogP contribution in [0.15, 0.2) is 0 Å². The van der Waals surface area contributed by atoms with Crippen molar-refractivity contribution < 1.29 is 14.4 Å². The number of Topliss-reactive ketones (excluding diaryl/α,β-unsaturated/α-hetero) is 3. The van der Waals surface area contributed by atoms with Crippen molar-refractivity contribution in [3.05, 3.63) is 0 Å². The van der Waals surface area contributed by atoms with E-state index in [1.807, 2.05) is 46.4 Å². The first-order valence-electron chi connectivity index (χ1n) is 10.5. The molecule has 0 spiro atoms. The Hall–Kier alpha value is -1.07. The zero-order chi connectivity index (χ0) is 21.1. The van der Waals surface area contributed by atoms with Crippen LogP contribution in [0, 0.1) is 17.8 Å². The molecular formula is C22H42N2O3. The van der Waals surface area contributed by atoms with Crippen molar-refractivity contribution in [2.75, 3.05) is 19.6 Å². The molecule has 0 aliphatic heterocycles. The van der Waals surface area contributed by atoms with E-state index < -0.39 is 0 Å². The number of carbonyl (C=O) groups excluding carboxylic acids is 3. The number of hydrogen-bond donors (Lipinski definition) is 1.